The van der Waals surface area contributed by atoms with Gasteiger partial charge in [-0.25, -0.2) is 0 Å². The lowest BCUT2D eigenvalue weighted by molar-refractivity contribution is 0.282. The van der Waals surface area contributed by atoms with Gasteiger partial charge in [-0.2, -0.15) is 0 Å². The van der Waals surface area contributed by atoms with Crippen molar-refractivity contribution in [2.24, 2.45) is 0 Å². The van der Waals surface area contributed by atoms with Gasteiger partial charge in [0, 0.05) is 0 Å². The summed E-state index contributed by atoms with van der Waals surface area (Å²) in [6.45, 7) is 8.51. The number of rotatable bonds is 7. The van der Waals surface area contributed by atoms with Crippen molar-refractivity contribution in [3.8, 4) is 11.5 Å². The van der Waals surface area contributed by atoms with Crippen LogP contribution in [0.3, 0.4) is 0 Å². The second-order valence-corrected chi connectivity index (χ2v) is 4.92. The van der Waals surface area contributed by atoms with Gasteiger partial charge in [-0.05, 0) is 48.2 Å². The maximum Gasteiger partial charge on any atom is 0.145 e. The summed E-state index contributed by atoms with van der Waals surface area (Å²) in [6.07, 6.45) is 2.06. The van der Waals surface area contributed by atoms with E-state index in [1.807, 2.05) is 24.3 Å². The highest BCUT2D eigenvalue weighted by Crippen LogP contribution is 2.17. The standard InChI is InChI=1S/C19H22O2/c1-4-16-6-10-18(11-7-16)20-14-15(3)21-19-12-8-17(5-2)9-13-19/h6-13H,3-5,14H2,1-2H3. The Bertz CT molecular complexity index is 568. The van der Waals surface area contributed by atoms with Crippen molar-refractivity contribution >= 4 is 0 Å². The van der Waals surface area contributed by atoms with E-state index in [1.54, 1.807) is 0 Å². The van der Waals surface area contributed by atoms with Crippen LogP contribution in [0.2, 0.25) is 0 Å². The van der Waals surface area contributed by atoms with Crippen LogP contribution in [-0.2, 0) is 12.8 Å². The molecule has 0 saturated carbocycles. The fraction of sp³-hybridized carbons (Fsp3) is 0.263. The van der Waals surface area contributed by atoms with Crippen molar-refractivity contribution in [3.05, 3.63) is 72.0 Å². The van der Waals surface area contributed by atoms with Gasteiger partial charge in [-0.3, -0.25) is 0 Å². The monoisotopic (exact) mass is 282 g/mol. The largest absolute Gasteiger partial charge is 0.486 e. The fourth-order valence-electron chi connectivity index (χ4n) is 1.97. The molecule has 0 saturated heterocycles. The first-order valence-corrected chi connectivity index (χ1v) is 7.37. The van der Waals surface area contributed by atoms with Gasteiger partial charge in [0.2, 0.25) is 0 Å². The maximum atomic E-state index is 5.66. The molecular weight excluding hydrogens is 260 g/mol. The van der Waals surface area contributed by atoms with E-state index in [0.29, 0.717) is 12.4 Å². The lowest BCUT2D eigenvalue weighted by atomic mass is 10.2. The van der Waals surface area contributed by atoms with Crippen molar-refractivity contribution in [1.82, 2.24) is 0 Å². The van der Waals surface area contributed by atoms with Crippen LogP contribution >= 0.6 is 0 Å². The van der Waals surface area contributed by atoms with Crippen LogP contribution < -0.4 is 9.47 Å². The van der Waals surface area contributed by atoms with Crippen LogP contribution in [0.4, 0.5) is 0 Å². The molecule has 0 aromatic heterocycles. The highest BCUT2D eigenvalue weighted by Gasteiger charge is 2.01. The minimum atomic E-state index is 0.348. The molecule has 0 unspecified atom stereocenters. The average molecular weight is 282 g/mol. The molecule has 110 valence electrons. The predicted octanol–water partition coefficient (Wildman–Crippen LogP) is 4.78. The summed E-state index contributed by atoms with van der Waals surface area (Å²) in [5.74, 6) is 2.22. The molecule has 21 heavy (non-hydrogen) atoms. The van der Waals surface area contributed by atoms with E-state index in [0.717, 1.165) is 24.3 Å². The average Bonchev–Trinajstić information content (AvgIpc) is 2.54. The number of ether oxygens (including phenoxy) is 2. The van der Waals surface area contributed by atoms with Gasteiger partial charge in [0.05, 0.1) is 0 Å². The van der Waals surface area contributed by atoms with Crippen LogP contribution in [0.5, 0.6) is 11.5 Å². The van der Waals surface area contributed by atoms with Crippen LogP contribution in [0, 0.1) is 0 Å². The minimum Gasteiger partial charge on any atom is -0.486 e. The fourth-order valence-corrected chi connectivity index (χ4v) is 1.97. The minimum absolute atomic E-state index is 0.348. The molecule has 0 radical (unpaired) electrons. The molecule has 0 heterocycles. The smallest absolute Gasteiger partial charge is 0.145 e. The Morgan fingerprint density at radius 2 is 1.29 bits per heavy atom. The van der Waals surface area contributed by atoms with Crippen LogP contribution in [0.1, 0.15) is 25.0 Å². The summed E-state index contributed by atoms with van der Waals surface area (Å²) in [5.41, 5.74) is 2.59. The Morgan fingerprint density at radius 1 is 0.810 bits per heavy atom. The van der Waals surface area contributed by atoms with E-state index >= 15 is 0 Å². The zero-order valence-electron chi connectivity index (χ0n) is 12.8. The lowest BCUT2D eigenvalue weighted by Gasteiger charge is -2.11. The van der Waals surface area contributed by atoms with Gasteiger partial charge >= 0.3 is 0 Å². The van der Waals surface area contributed by atoms with E-state index in [-0.39, 0.29) is 0 Å². The van der Waals surface area contributed by atoms with Gasteiger partial charge in [-0.1, -0.05) is 44.7 Å². The molecule has 0 amide bonds. The van der Waals surface area contributed by atoms with Crippen LogP contribution in [0.15, 0.2) is 60.9 Å². The van der Waals surface area contributed by atoms with E-state index < -0.39 is 0 Å². The molecule has 0 atom stereocenters. The number of hydrogen-bond donors (Lipinski definition) is 0. The molecule has 0 spiro atoms. The molecule has 0 aliphatic heterocycles. The van der Waals surface area contributed by atoms with E-state index in [9.17, 15) is 0 Å². The zero-order chi connectivity index (χ0) is 15.1. The third-order valence-corrected chi connectivity index (χ3v) is 3.33. The van der Waals surface area contributed by atoms with Crippen LogP contribution in [-0.4, -0.2) is 6.61 Å². The molecule has 0 fully saturated rings. The lowest BCUT2D eigenvalue weighted by Crippen LogP contribution is -2.06. The highest BCUT2D eigenvalue weighted by atomic mass is 16.5. The Morgan fingerprint density at radius 3 is 1.76 bits per heavy atom. The third kappa shape index (κ3) is 4.67. The van der Waals surface area contributed by atoms with Gasteiger partial charge in [-0.15, -0.1) is 0 Å². The second-order valence-electron chi connectivity index (χ2n) is 4.92. The molecule has 2 rings (SSSR count). The van der Waals surface area contributed by atoms with Gasteiger partial charge < -0.3 is 9.47 Å². The normalized spacial score (nSPS) is 10.2. The number of hydrogen-bond acceptors (Lipinski definition) is 2. The molecule has 0 N–H and O–H groups in total. The summed E-state index contributed by atoms with van der Waals surface area (Å²) in [7, 11) is 0. The molecule has 0 aliphatic carbocycles. The Hall–Kier alpha value is -2.22. The maximum absolute atomic E-state index is 5.66. The molecule has 2 nitrogen and oxygen atoms in total. The Labute approximate surface area is 127 Å². The molecule has 0 bridgehead atoms. The highest BCUT2D eigenvalue weighted by molar-refractivity contribution is 5.29. The van der Waals surface area contributed by atoms with Crippen LogP contribution in [0.25, 0.3) is 0 Å². The van der Waals surface area contributed by atoms with Gasteiger partial charge in [0.15, 0.2) is 0 Å². The van der Waals surface area contributed by atoms with Crippen molar-refractivity contribution in [3.63, 3.8) is 0 Å². The van der Waals surface area contributed by atoms with E-state index in [2.05, 4.69) is 44.7 Å². The summed E-state index contributed by atoms with van der Waals surface area (Å²) >= 11 is 0. The first-order valence-electron chi connectivity index (χ1n) is 7.37. The quantitative estimate of drug-likeness (QED) is 0.680. The van der Waals surface area contributed by atoms with E-state index in [1.165, 1.54) is 11.1 Å². The Balaban J connectivity index is 1.83. The topological polar surface area (TPSA) is 18.5 Å². The summed E-state index contributed by atoms with van der Waals surface area (Å²) in [5, 5.41) is 0. The predicted molar refractivity (Wildman–Crippen MR) is 86.9 cm³/mol. The summed E-state index contributed by atoms with van der Waals surface area (Å²) in [4.78, 5) is 0. The zero-order valence-corrected chi connectivity index (χ0v) is 12.8. The first kappa shape index (κ1) is 15.2. The SMILES string of the molecule is C=C(COc1ccc(CC)cc1)Oc1ccc(CC)cc1. The molecular formula is C19H22O2. The second kappa shape index (κ2) is 7.53. The number of benzene rings is 2. The number of aryl methyl sites for hydroxylation is 2. The van der Waals surface area contributed by atoms with E-state index in [4.69, 9.17) is 9.47 Å². The molecule has 2 aromatic rings. The van der Waals surface area contributed by atoms with Crippen molar-refractivity contribution in [2.45, 2.75) is 26.7 Å². The van der Waals surface area contributed by atoms with Crippen molar-refractivity contribution in [2.75, 3.05) is 6.61 Å². The third-order valence-electron chi connectivity index (χ3n) is 3.33. The van der Waals surface area contributed by atoms with Crippen molar-refractivity contribution < 1.29 is 9.47 Å². The first-order chi connectivity index (χ1) is 10.2. The van der Waals surface area contributed by atoms with Crippen molar-refractivity contribution in [1.29, 1.82) is 0 Å². The molecule has 2 aromatic carbocycles. The Kier molecular flexibility index (Phi) is 5.44. The summed E-state index contributed by atoms with van der Waals surface area (Å²) < 4.78 is 11.3. The molecule has 0 aliphatic rings. The summed E-state index contributed by atoms with van der Waals surface area (Å²) in [6, 6.07) is 16.1. The molecule has 2 heteroatoms. The van der Waals surface area contributed by atoms with Gasteiger partial charge in [0.1, 0.15) is 23.9 Å². The van der Waals surface area contributed by atoms with Gasteiger partial charge in [0.25, 0.3) is 0 Å².